The van der Waals surface area contributed by atoms with Crippen LogP contribution in [0.2, 0.25) is 5.02 Å². The summed E-state index contributed by atoms with van der Waals surface area (Å²) in [6.07, 6.45) is 1.32. The predicted molar refractivity (Wildman–Crippen MR) is 68.0 cm³/mol. The smallest absolute Gasteiger partial charge is 0.326 e. The Morgan fingerprint density at radius 2 is 2.17 bits per heavy atom. The van der Waals surface area contributed by atoms with Crippen LogP contribution in [0.15, 0.2) is 18.2 Å². The van der Waals surface area contributed by atoms with E-state index in [0.717, 1.165) is 6.42 Å². The van der Waals surface area contributed by atoms with Crippen LogP contribution < -0.4 is 10.6 Å². The topological polar surface area (TPSA) is 83.6 Å². The third kappa shape index (κ3) is 2.26. The molecule has 1 heterocycles. The number of nitrogens with zero attached hydrogens (tertiary/aromatic N) is 1. The fraction of sp³-hybridized carbons (Fsp3) is 0.333. The van der Waals surface area contributed by atoms with Crippen LogP contribution in [0, 0.1) is 0 Å². The summed E-state index contributed by atoms with van der Waals surface area (Å²) in [4.78, 5) is 24.2. The Bertz CT molecular complexity index is 504. The molecule has 18 heavy (non-hydrogen) atoms. The Labute approximate surface area is 109 Å². The maximum Gasteiger partial charge on any atom is 0.326 e. The fourth-order valence-electron chi connectivity index (χ4n) is 2.26. The first-order chi connectivity index (χ1) is 8.50. The van der Waals surface area contributed by atoms with Crippen LogP contribution >= 0.6 is 11.6 Å². The van der Waals surface area contributed by atoms with E-state index in [9.17, 15) is 9.59 Å². The second kappa shape index (κ2) is 4.86. The van der Waals surface area contributed by atoms with E-state index < -0.39 is 17.9 Å². The van der Waals surface area contributed by atoms with Gasteiger partial charge >= 0.3 is 5.97 Å². The average molecular weight is 269 g/mol. The number of carbonyl (C=O) groups excluding carboxylic acids is 1. The lowest BCUT2D eigenvalue weighted by atomic mass is 10.1. The molecule has 0 spiro atoms. The molecule has 2 rings (SSSR count). The lowest BCUT2D eigenvalue weighted by Gasteiger charge is -2.25. The second-order valence-electron chi connectivity index (χ2n) is 4.22. The van der Waals surface area contributed by atoms with Gasteiger partial charge in [0, 0.05) is 11.6 Å². The van der Waals surface area contributed by atoms with Crippen molar-refractivity contribution in [2.75, 3.05) is 11.4 Å². The van der Waals surface area contributed by atoms with Gasteiger partial charge in [0.05, 0.1) is 11.3 Å². The van der Waals surface area contributed by atoms with E-state index in [1.54, 1.807) is 17.0 Å². The number of rotatable bonds is 3. The van der Waals surface area contributed by atoms with Crippen LogP contribution in [0.3, 0.4) is 0 Å². The SMILES string of the molecule is NC(=O)c1ccc(Cl)cc1N1CCCC1C(=O)O. The van der Waals surface area contributed by atoms with E-state index in [2.05, 4.69) is 0 Å². The number of hydrogen-bond acceptors (Lipinski definition) is 3. The first kappa shape index (κ1) is 12.7. The van der Waals surface area contributed by atoms with Crippen molar-refractivity contribution < 1.29 is 14.7 Å². The van der Waals surface area contributed by atoms with Crippen molar-refractivity contribution in [3.8, 4) is 0 Å². The molecule has 1 saturated heterocycles. The number of carboxylic acid groups (broad SMARTS) is 1. The lowest BCUT2D eigenvalue weighted by Crippen LogP contribution is -2.37. The van der Waals surface area contributed by atoms with E-state index in [4.69, 9.17) is 22.4 Å². The Morgan fingerprint density at radius 3 is 2.78 bits per heavy atom. The fourth-order valence-corrected chi connectivity index (χ4v) is 2.43. The highest BCUT2D eigenvalue weighted by atomic mass is 35.5. The van der Waals surface area contributed by atoms with E-state index in [1.807, 2.05) is 0 Å². The molecule has 1 unspecified atom stereocenters. The summed E-state index contributed by atoms with van der Waals surface area (Å²) in [7, 11) is 0. The normalized spacial score (nSPS) is 18.9. The molecular weight excluding hydrogens is 256 g/mol. The number of aliphatic carboxylic acids is 1. The van der Waals surface area contributed by atoms with Gasteiger partial charge in [-0.15, -0.1) is 0 Å². The average Bonchev–Trinajstić information content (AvgIpc) is 2.77. The summed E-state index contributed by atoms with van der Waals surface area (Å²) >= 11 is 5.90. The zero-order valence-electron chi connectivity index (χ0n) is 9.60. The zero-order chi connectivity index (χ0) is 13.3. The van der Waals surface area contributed by atoms with Crippen LogP contribution in [0.4, 0.5) is 5.69 Å². The molecule has 1 aliphatic heterocycles. The zero-order valence-corrected chi connectivity index (χ0v) is 10.4. The maximum absolute atomic E-state index is 11.4. The second-order valence-corrected chi connectivity index (χ2v) is 4.65. The molecule has 5 nitrogen and oxygen atoms in total. The van der Waals surface area contributed by atoms with Gasteiger partial charge in [-0.1, -0.05) is 11.6 Å². The third-order valence-corrected chi connectivity index (χ3v) is 3.31. The van der Waals surface area contributed by atoms with Crippen LogP contribution in [0.1, 0.15) is 23.2 Å². The molecule has 3 N–H and O–H groups in total. The molecule has 0 radical (unpaired) electrons. The van der Waals surface area contributed by atoms with Gasteiger partial charge in [-0.3, -0.25) is 4.79 Å². The largest absolute Gasteiger partial charge is 0.480 e. The molecule has 6 heteroatoms. The molecule has 0 saturated carbocycles. The monoisotopic (exact) mass is 268 g/mol. The van der Waals surface area contributed by atoms with Crippen molar-refractivity contribution in [1.82, 2.24) is 0 Å². The summed E-state index contributed by atoms with van der Waals surface area (Å²) < 4.78 is 0. The van der Waals surface area contributed by atoms with Gasteiger partial charge in [-0.2, -0.15) is 0 Å². The third-order valence-electron chi connectivity index (χ3n) is 3.07. The minimum atomic E-state index is -0.900. The van der Waals surface area contributed by atoms with Gasteiger partial charge in [0.25, 0.3) is 5.91 Å². The summed E-state index contributed by atoms with van der Waals surface area (Å²) in [5.74, 6) is -1.49. The highest BCUT2D eigenvalue weighted by Crippen LogP contribution is 2.31. The molecule has 1 aromatic carbocycles. The summed E-state index contributed by atoms with van der Waals surface area (Å²) in [6.45, 7) is 0.581. The van der Waals surface area contributed by atoms with Crippen molar-refractivity contribution >= 4 is 29.2 Å². The first-order valence-electron chi connectivity index (χ1n) is 5.59. The van der Waals surface area contributed by atoms with Crippen LogP contribution in [-0.4, -0.2) is 29.6 Å². The van der Waals surface area contributed by atoms with Gasteiger partial charge in [-0.05, 0) is 31.0 Å². The number of carboxylic acids is 1. The molecule has 1 amide bonds. The van der Waals surface area contributed by atoms with Crippen LogP contribution in [-0.2, 0) is 4.79 Å². The number of carbonyl (C=O) groups is 2. The Kier molecular flexibility index (Phi) is 3.43. The highest BCUT2D eigenvalue weighted by molar-refractivity contribution is 6.31. The Hall–Kier alpha value is -1.75. The van der Waals surface area contributed by atoms with Crippen molar-refractivity contribution in [3.05, 3.63) is 28.8 Å². The summed E-state index contributed by atoms with van der Waals surface area (Å²) in [5.41, 5.74) is 6.10. The molecule has 1 atom stereocenters. The van der Waals surface area contributed by atoms with Gasteiger partial charge in [0.15, 0.2) is 0 Å². The number of amides is 1. The number of nitrogens with two attached hydrogens (primary N) is 1. The number of hydrogen-bond donors (Lipinski definition) is 2. The number of benzene rings is 1. The van der Waals surface area contributed by atoms with E-state index in [0.29, 0.717) is 29.2 Å². The molecule has 1 fully saturated rings. The minimum Gasteiger partial charge on any atom is -0.480 e. The van der Waals surface area contributed by atoms with Gasteiger partial charge in [0.1, 0.15) is 6.04 Å². The summed E-state index contributed by atoms with van der Waals surface area (Å²) in [5, 5.41) is 9.60. The van der Waals surface area contributed by atoms with E-state index in [1.165, 1.54) is 6.07 Å². The number of primary amides is 1. The maximum atomic E-state index is 11.4. The van der Waals surface area contributed by atoms with Crippen LogP contribution in [0.5, 0.6) is 0 Å². The molecule has 1 aliphatic rings. The van der Waals surface area contributed by atoms with Gasteiger partial charge in [-0.25, -0.2) is 4.79 Å². The molecule has 96 valence electrons. The first-order valence-corrected chi connectivity index (χ1v) is 5.97. The molecule has 0 aromatic heterocycles. The van der Waals surface area contributed by atoms with Crippen molar-refractivity contribution in [2.24, 2.45) is 5.73 Å². The van der Waals surface area contributed by atoms with E-state index >= 15 is 0 Å². The lowest BCUT2D eigenvalue weighted by molar-refractivity contribution is -0.138. The van der Waals surface area contributed by atoms with Gasteiger partial charge < -0.3 is 15.7 Å². The van der Waals surface area contributed by atoms with Gasteiger partial charge in [0.2, 0.25) is 0 Å². The quantitative estimate of drug-likeness (QED) is 0.870. The highest BCUT2D eigenvalue weighted by Gasteiger charge is 2.32. The molecule has 0 aliphatic carbocycles. The van der Waals surface area contributed by atoms with E-state index in [-0.39, 0.29) is 0 Å². The number of halogens is 1. The summed E-state index contributed by atoms with van der Waals surface area (Å²) in [6, 6.07) is 4.05. The predicted octanol–water partition coefficient (Wildman–Crippen LogP) is 1.49. The molecule has 0 bridgehead atoms. The molecule has 1 aromatic rings. The van der Waals surface area contributed by atoms with Crippen molar-refractivity contribution in [3.63, 3.8) is 0 Å². The standard InChI is InChI=1S/C12H13ClN2O3/c13-7-3-4-8(11(14)16)10(6-7)15-5-1-2-9(15)12(17)18/h3-4,6,9H,1-2,5H2,(H2,14,16)(H,17,18). The molecular formula is C12H13ClN2O3. The number of anilines is 1. The van der Waals surface area contributed by atoms with Crippen LogP contribution in [0.25, 0.3) is 0 Å². The Morgan fingerprint density at radius 1 is 1.44 bits per heavy atom. The minimum absolute atomic E-state index is 0.299. The van der Waals surface area contributed by atoms with Crippen molar-refractivity contribution in [1.29, 1.82) is 0 Å². The Balaban J connectivity index is 2.46. The van der Waals surface area contributed by atoms with Crippen molar-refractivity contribution in [2.45, 2.75) is 18.9 Å².